The zero-order valence-corrected chi connectivity index (χ0v) is 20.8. The Hall–Kier alpha value is -1.50. The van der Waals surface area contributed by atoms with Crippen molar-refractivity contribution in [3.63, 3.8) is 0 Å². The molecule has 0 aromatic heterocycles. The average molecular weight is 540 g/mol. The highest BCUT2D eigenvalue weighted by molar-refractivity contribution is 9.26. The van der Waals surface area contributed by atoms with Gasteiger partial charge in [0.05, 0.1) is 0 Å². The summed E-state index contributed by atoms with van der Waals surface area (Å²) in [4.78, 5) is 25.4. The van der Waals surface area contributed by atoms with Crippen molar-refractivity contribution in [3.8, 4) is 0 Å². The molecule has 0 aliphatic carbocycles. The highest BCUT2D eigenvalue weighted by Crippen LogP contribution is 2.47. The summed E-state index contributed by atoms with van der Waals surface area (Å²) in [6, 6.07) is 13.7. The van der Waals surface area contributed by atoms with Crippen LogP contribution in [0.4, 0.5) is 0 Å². The van der Waals surface area contributed by atoms with Crippen LogP contribution in [0.2, 0.25) is 0 Å². The molecule has 0 aliphatic rings. The summed E-state index contributed by atoms with van der Waals surface area (Å²) >= 11 is 6.40. The van der Waals surface area contributed by atoms with Crippen molar-refractivity contribution in [3.05, 3.63) is 70.8 Å². The third-order valence-electron chi connectivity index (χ3n) is 4.92. The van der Waals surface area contributed by atoms with E-state index in [1.165, 1.54) is 0 Å². The number of carboxylic acid groups (broad SMARTS) is 1. The first kappa shape index (κ1) is 24.8. The minimum Gasteiger partial charge on any atom is -0.479 e. The molecule has 2 aromatic carbocycles. The van der Waals surface area contributed by atoms with Crippen LogP contribution in [-0.4, -0.2) is 25.2 Å². The summed E-state index contributed by atoms with van der Waals surface area (Å²) < 4.78 is -1.95. The molecule has 1 unspecified atom stereocenters. The number of carbonyl (C=O) groups excluding carboxylic acids is 1. The van der Waals surface area contributed by atoms with E-state index in [9.17, 15) is 19.8 Å². The van der Waals surface area contributed by atoms with Crippen LogP contribution >= 0.6 is 31.9 Å². The molecule has 0 spiro atoms. The number of halogens is 2. The molecule has 0 aliphatic heterocycles. The third-order valence-corrected chi connectivity index (χ3v) is 6.79. The fraction of sp³-hybridized carbons (Fsp3) is 0.417. The Labute approximate surface area is 195 Å². The molecule has 2 aromatic rings. The number of hydrogen-bond donors (Lipinski definition) is 2. The number of alkyl halides is 2. The molecule has 2 N–H and O–H groups in total. The van der Waals surface area contributed by atoms with Gasteiger partial charge < -0.3 is 10.2 Å². The van der Waals surface area contributed by atoms with Gasteiger partial charge >= 0.3 is 5.97 Å². The number of aliphatic hydroxyl groups is 1. The molecule has 0 heterocycles. The number of ketones is 1. The molecule has 2 rings (SSSR count). The van der Waals surface area contributed by atoms with Crippen LogP contribution in [0.1, 0.15) is 54.7 Å². The molecule has 6 heteroatoms. The average Bonchev–Trinajstić information content (AvgIpc) is 2.66. The van der Waals surface area contributed by atoms with E-state index >= 15 is 0 Å². The number of Topliss-reactive ketones (excluding diaryl/α,β-unsaturated/α-hetero) is 1. The van der Waals surface area contributed by atoms with Gasteiger partial charge in [0.15, 0.2) is 9.02 Å². The lowest BCUT2D eigenvalue weighted by atomic mass is 9.85. The Morgan fingerprint density at radius 2 is 1.23 bits per heavy atom. The fourth-order valence-corrected chi connectivity index (χ4v) is 4.66. The van der Waals surface area contributed by atoms with Crippen molar-refractivity contribution in [2.75, 3.05) is 0 Å². The maximum absolute atomic E-state index is 13.2. The van der Waals surface area contributed by atoms with Crippen molar-refractivity contribution in [2.45, 2.75) is 49.4 Å². The van der Waals surface area contributed by atoms with Crippen LogP contribution in [0, 0.1) is 11.8 Å². The van der Waals surface area contributed by atoms with Crippen LogP contribution in [0.15, 0.2) is 48.5 Å². The van der Waals surface area contributed by atoms with Crippen LogP contribution in [0.5, 0.6) is 0 Å². The molecular weight excluding hydrogens is 512 g/mol. The molecule has 0 saturated heterocycles. The van der Waals surface area contributed by atoms with Gasteiger partial charge in [0, 0.05) is 5.56 Å². The van der Waals surface area contributed by atoms with Gasteiger partial charge in [-0.15, -0.1) is 0 Å². The molecule has 30 heavy (non-hydrogen) atoms. The van der Waals surface area contributed by atoms with Gasteiger partial charge in [-0.2, -0.15) is 0 Å². The van der Waals surface area contributed by atoms with Crippen LogP contribution in [-0.2, 0) is 23.2 Å². The molecule has 162 valence electrons. The Balaban J connectivity index is 2.41. The number of rotatable bonds is 9. The lowest BCUT2D eigenvalue weighted by molar-refractivity contribution is -0.159. The van der Waals surface area contributed by atoms with E-state index < -0.39 is 20.6 Å². The van der Waals surface area contributed by atoms with Crippen molar-refractivity contribution in [1.82, 2.24) is 0 Å². The number of carbonyl (C=O) groups is 2. The summed E-state index contributed by atoms with van der Waals surface area (Å²) in [5, 5.41) is 21.2. The summed E-state index contributed by atoms with van der Waals surface area (Å²) in [7, 11) is 0. The monoisotopic (exact) mass is 538 g/mol. The second-order valence-electron chi connectivity index (χ2n) is 8.51. The van der Waals surface area contributed by atoms with Crippen molar-refractivity contribution < 1.29 is 19.8 Å². The second-order valence-corrected chi connectivity index (χ2v) is 12.0. The van der Waals surface area contributed by atoms with Gasteiger partial charge in [-0.25, -0.2) is 4.79 Å². The van der Waals surface area contributed by atoms with Crippen LogP contribution < -0.4 is 0 Å². The molecule has 0 saturated carbocycles. The van der Waals surface area contributed by atoms with Crippen molar-refractivity contribution >= 4 is 43.6 Å². The smallest absolute Gasteiger partial charge is 0.343 e. The van der Waals surface area contributed by atoms with E-state index in [4.69, 9.17) is 0 Å². The SMILES string of the molecule is CC(C)Cc1ccc(C(=O)C(Br)(Br)C(O)(C(=O)O)c2ccc(CC(C)C)cc2)cc1. The highest BCUT2D eigenvalue weighted by atomic mass is 79.9. The van der Waals surface area contributed by atoms with E-state index in [2.05, 4.69) is 59.6 Å². The lowest BCUT2D eigenvalue weighted by Gasteiger charge is -2.35. The molecule has 0 radical (unpaired) electrons. The van der Waals surface area contributed by atoms with Crippen molar-refractivity contribution in [1.29, 1.82) is 0 Å². The van der Waals surface area contributed by atoms with Gasteiger partial charge in [-0.1, -0.05) is 108 Å². The fourth-order valence-electron chi connectivity index (χ4n) is 3.40. The highest BCUT2D eigenvalue weighted by Gasteiger charge is 2.59. The number of carboxylic acids is 1. The van der Waals surface area contributed by atoms with E-state index in [-0.39, 0.29) is 5.56 Å². The van der Waals surface area contributed by atoms with E-state index in [1.54, 1.807) is 36.4 Å². The lowest BCUT2D eigenvalue weighted by Crippen LogP contribution is -2.54. The maximum Gasteiger partial charge on any atom is 0.343 e. The predicted molar refractivity (Wildman–Crippen MR) is 126 cm³/mol. The first-order valence-electron chi connectivity index (χ1n) is 9.96. The first-order chi connectivity index (χ1) is 13.9. The standard InChI is InChI=1S/C24H28Br2O4/c1-15(2)13-17-5-9-19(10-6-17)21(27)24(25,26)23(30,22(28)29)20-11-7-18(8-12-20)14-16(3)4/h5-12,15-16,30H,13-14H2,1-4H3,(H,28,29). The molecule has 4 nitrogen and oxygen atoms in total. The van der Waals surface area contributed by atoms with Crippen LogP contribution in [0.3, 0.4) is 0 Å². The van der Waals surface area contributed by atoms with Gasteiger partial charge in [-0.3, -0.25) is 4.79 Å². The molecule has 0 fully saturated rings. The summed E-state index contributed by atoms with van der Waals surface area (Å²) in [5.74, 6) is -1.18. The minimum atomic E-state index is -2.52. The van der Waals surface area contributed by atoms with E-state index in [0.29, 0.717) is 17.4 Å². The summed E-state index contributed by atoms with van der Waals surface area (Å²) in [6.07, 6.45) is 1.71. The quantitative estimate of drug-likeness (QED) is 0.315. The molecule has 1 atom stereocenters. The summed E-state index contributed by atoms with van der Waals surface area (Å²) in [6.45, 7) is 8.41. The van der Waals surface area contributed by atoms with E-state index in [1.807, 2.05) is 12.1 Å². The maximum atomic E-state index is 13.2. The third kappa shape index (κ3) is 5.21. The Bertz CT molecular complexity index is 886. The Morgan fingerprint density at radius 3 is 1.60 bits per heavy atom. The van der Waals surface area contributed by atoms with Gasteiger partial charge in [-0.05, 0) is 41.4 Å². The number of benzene rings is 2. The molecular formula is C24H28Br2O4. The van der Waals surface area contributed by atoms with Gasteiger partial charge in [0.25, 0.3) is 0 Å². The Morgan fingerprint density at radius 1 is 0.833 bits per heavy atom. The van der Waals surface area contributed by atoms with Crippen LogP contribution in [0.25, 0.3) is 0 Å². The van der Waals surface area contributed by atoms with Gasteiger partial charge in [0.1, 0.15) is 0 Å². The number of hydrogen-bond acceptors (Lipinski definition) is 3. The topological polar surface area (TPSA) is 74.6 Å². The number of aliphatic carboxylic acids is 1. The zero-order valence-electron chi connectivity index (χ0n) is 17.7. The first-order valence-corrected chi connectivity index (χ1v) is 11.5. The second kappa shape index (κ2) is 9.75. The normalized spacial score (nSPS) is 14.0. The van der Waals surface area contributed by atoms with Crippen molar-refractivity contribution in [2.24, 2.45) is 11.8 Å². The zero-order chi connectivity index (χ0) is 22.7. The predicted octanol–water partition coefficient (Wildman–Crippen LogP) is 5.72. The molecule has 0 amide bonds. The largest absolute Gasteiger partial charge is 0.479 e. The molecule has 0 bridgehead atoms. The van der Waals surface area contributed by atoms with E-state index in [0.717, 1.165) is 24.0 Å². The summed E-state index contributed by atoms with van der Waals surface area (Å²) in [5.41, 5.74) is 0.0130. The van der Waals surface area contributed by atoms with Gasteiger partial charge in [0.2, 0.25) is 5.60 Å². The Kier molecular flexibility index (Phi) is 8.05. The minimum absolute atomic E-state index is 0.112.